The van der Waals surface area contributed by atoms with Gasteiger partial charge < -0.3 is 17.7 Å². The molecule has 1 aromatic carbocycles. The first kappa shape index (κ1) is 16.5. The Morgan fingerprint density at radius 3 is 2.38 bits per heavy atom. The molecule has 0 radical (unpaired) electrons. The van der Waals surface area contributed by atoms with Crippen LogP contribution in [0.25, 0.3) is 0 Å². The minimum atomic E-state index is -5.04. The van der Waals surface area contributed by atoms with Gasteiger partial charge in [0.1, 0.15) is 5.75 Å². The summed E-state index contributed by atoms with van der Waals surface area (Å²) in [7, 11) is 0. The van der Waals surface area contributed by atoms with Crippen molar-refractivity contribution in [2.24, 2.45) is 0 Å². The van der Waals surface area contributed by atoms with E-state index < -0.39 is 19.1 Å². The molecule has 1 rings (SSSR count). The van der Waals surface area contributed by atoms with Gasteiger partial charge in [-0.3, -0.25) is 0 Å². The Morgan fingerprint density at radius 2 is 1.88 bits per heavy atom. The molecule has 1 aromatic rings. The van der Waals surface area contributed by atoms with Gasteiger partial charge in [-0.05, 0) is 12.1 Å². The fourth-order valence-corrected chi connectivity index (χ4v) is 1.02. The summed E-state index contributed by atoms with van der Waals surface area (Å²) in [6.45, 7) is -2.73. The predicted molar refractivity (Wildman–Crippen MR) is 55.2 cm³/mol. The van der Waals surface area contributed by atoms with Crippen LogP contribution >= 0.6 is 11.6 Å². The number of hydrogen-bond donors (Lipinski definition) is 0. The molecule has 0 saturated carbocycles. The van der Waals surface area contributed by atoms with Crippen molar-refractivity contribution in [1.82, 2.24) is 0 Å². The molecule has 0 amide bonds. The van der Waals surface area contributed by atoms with Crippen LogP contribution in [0.2, 0.25) is 5.02 Å². The van der Waals surface area contributed by atoms with Gasteiger partial charge in [0, 0.05) is 0 Å². The third-order valence-electron chi connectivity index (χ3n) is 1.71. The van der Waals surface area contributed by atoms with Crippen LogP contribution in [0, 0.1) is 0 Å². The largest absolute Gasteiger partial charge is 1.00 e. The first-order chi connectivity index (χ1) is 6.91. The van der Waals surface area contributed by atoms with E-state index in [1.807, 2.05) is 0 Å². The molecule has 0 saturated heterocycles. The topological polar surface area (TPSA) is 9.23 Å². The van der Waals surface area contributed by atoms with Crippen molar-refractivity contribution in [3.8, 4) is 5.75 Å². The van der Waals surface area contributed by atoms with Crippen molar-refractivity contribution in [1.29, 1.82) is 0 Å². The van der Waals surface area contributed by atoms with E-state index in [0.717, 1.165) is 0 Å². The molecule has 0 heterocycles. The molecule has 0 N–H and O–H groups in total. The molecule has 0 spiro atoms. The van der Waals surface area contributed by atoms with Crippen molar-refractivity contribution in [3.63, 3.8) is 0 Å². The van der Waals surface area contributed by atoms with E-state index in [9.17, 15) is 12.9 Å². The number of ether oxygens (including phenoxy) is 1. The Hall–Kier alpha value is 0.541. The summed E-state index contributed by atoms with van der Waals surface area (Å²) in [6.07, 6.45) is 0. The van der Waals surface area contributed by atoms with Crippen LogP contribution in [0.15, 0.2) is 36.3 Å². The van der Waals surface area contributed by atoms with Crippen LogP contribution in [0.1, 0.15) is 0 Å². The first-order valence-electron chi connectivity index (χ1n) is 4.16. The number of rotatable bonds is 4. The maximum absolute atomic E-state index is 12.1. The minimum absolute atomic E-state index is 0. The first-order valence-corrected chi connectivity index (χ1v) is 4.54. The molecular formula is C9H8BClF3KO. The number of benzene rings is 1. The van der Waals surface area contributed by atoms with Gasteiger partial charge >= 0.3 is 58.4 Å². The zero-order valence-electron chi connectivity index (χ0n) is 8.72. The van der Waals surface area contributed by atoms with Crippen molar-refractivity contribution in [3.05, 3.63) is 41.3 Å². The predicted octanol–water partition coefficient (Wildman–Crippen LogP) is 0.666. The van der Waals surface area contributed by atoms with Crippen LogP contribution in [0.3, 0.4) is 0 Å². The van der Waals surface area contributed by atoms with Gasteiger partial charge in [0.05, 0.1) is 11.6 Å². The SMILES string of the molecule is C=C(COc1ccccc1Cl)[B-](F)(F)F.[K+]. The molecule has 1 nitrogen and oxygen atoms in total. The van der Waals surface area contributed by atoms with Gasteiger partial charge in [-0.1, -0.05) is 23.7 Å². The van der Waals surface area contributed by atoms with Gasteiger partial charge in [0.25, 0.3) is 0 Å². The molecule has 82 valence electrons. The quantitative estimate of drug-likeness (QED) is 0.733. The standard InChI is InChI=1S/C9H8BClF3O.K/c1-7(10(12,13)14)6-15-9-5-3-2-4-8(9)11;/h2-5H,1,6H2;/q-1;+1. The van der Waals surface area contributed by atoms with Gasteiger partial charge in [0.15, 0.2) is 0 Å². The smallest absolute Gasteiger partial charge is 0.491 e. The van der Waals surface area contributed by atoms with E-state index in [0.29, 0.717) is 0 Å². The van der Waals surface area contributed by atoms with Gasteiger partial charge in [-0.25, -0.2) is 0 Å². The summed E-state index contributed by atoms with van der Waals surface area (Å²) in [5.41, 5.74) is -0.880. The van der Waals surface area contributed by atoms with Crippen molar-refractivity contribution < 1.29 is 69.1 Å². The molecule has 16 heavy (non-hydrogen) atoms. The Bertz CT molecular complexity index is 370. The van der Waals surface area contributed by atoms with Gasteiger partial charge in [-0.2, -0.15) is 0 Å². The molecule has 0 aliphatic heterocycles. The summed E-state index contributed by atoms with van der Waals surface area (Å²) in [4.78, 5) is 0. The van der Waals surface area contributed by atoms with Crippen LogP contribution in [-0.4, -0.2) is 13.6 Å². The second-order valence-corrected chi connectivity index (χ2v) is 3.36. The van der Waals surface area contributed by atoms with Gasteiger partial charge in [0.2, 0.25) is 0 Å². The Kier molecular flexibility index (Phi) is 7.32. The normalized spacial score (nSPS) is 10.5. The molecule has 0 unspecified atom stereocenters. The van der Waals surface area contributed by atoms with E-state index in [2.05, 4.69) is 6.58 Å². The third-order valence-corrected chi connectivity index (χ3v) is 2.02. The van der Waals surface area contributed by atoms with E-state index >= 15 is 0 Å². The summed E-state index contributed by atoms with van der Waals surface area (Å²) < 4.78 is 41.2. The molecule has 0 aliphatic rings. The monoisotopic (exact) mass is 274 g/mol. The van der Waals surface area contributed by atoms with Crippen molar-refractivity contribution in [2.45, 2.75) is 0 Å². The Balaban J connectivity index is 0.00000225. The fourth-order valence-electron chi connectivity index (χ4n) is 0.827. The Morgan fingerprint density at radius 1 is 1.31 bits per heavy atom. The summed E-state index contributed by atoms with van der Waals surface area (Å²) >= 11 is 5.69. The van der Waals surface area contributed by atoms with Crippen LogP contribution in [0.5, 0.6) is 5.75 Å². The molecule has 0 fully saturated rings. The summed E-state index contributed by atoms with van der Waals surface area (Å²) in [6, 6.07) is 6.33. The second kappa shape index (κ2) is 7.08. The summed E-state index contributed by atoms with van der Waals surface area (Å²) in [5.74, 6) is 0.223. The average Bonchev–Trinajstić information content (AvgIpc) is 2.14. The second-order valence-electron chi connectivity index (χ2n) is 2.95. The number of para-hydroxylation sites is 1. The molecule has 0 aliphatic carbocycles. The fraction of sp³-hybridized carbons (Fsp3) is 0.111. The zero-order chi connectivity index (χ0) is 11.5. The van der Waals surface area contributed by atoms with E-state index in [4.69, 9.17) is 16.3 Å². The van der Waals surface area contributed by atoms with E-state index in [1.54, 1.807) is 18.2 Å². The number of halogens is 4. The van der Waals surface area contributed by atoms with Gasteiger partial charge in [-0.15, -0.1) is 12.1 Å². The molecular weight excluding hydrogens is 266 g/mol. The molecule has 0 aromatic heterocycles. The summed E-state index contributed by atoms with van der Waals surface area (Å²) in [5, 5.41) is 0.278. The molecule has 7 heteroatoms. The zero-order valence-corrected chi connectivity index (χ0v) is 12.6. The van der Waals surface area contributed by atoms with E-state index in [1.165, 1.54) is 6.07 Å². The molecule has 0 bridgehead atoms. The van der Waals surface area contributed by atoms with E-state index in [-0.39, 0.29) is 62.2 Å². The van der Waals surface area contributed by atoms with Crippen molar-refractivity contribution in [2.75, 3.05) is 6.61 Å². The maximum atomic E-state index is 12.1. The van der Waals surface area contributed by atoms with Crippen molar-refractivity contribution >= 4 is 18.6 Å². The molecule has 0 atom stereocenters. The number of hydrogen-bond acceptors (Lipinski definition) is 1. The van der Waals surface area contributed by atoms with Crippen LogP contribution in [-0.2, 0) is 0 Å². The van der Waals surface area contributed by atoms with Crippen LogP contribution in [0.4, 0.5) is 12.9 Å². The third kappa shape index (κ3) is 5.25. The average molecular weight is 275 g/mol. The maximum Gasteiger partial charge on any atom is 1.00 e. The minimum Gasteiger partial charge on any atom is -0.491 e. The Labute approximate surface area is 139 Å². The van der Waals surface area contributed by atoms with Crippen LogP contribution < -0.4 is 56.1 Å².